The molecule has 16 heavy (non-hydrogen) atoms. The molecule has 1 aromatic rings. The van der Waals surface area contributed by atoms with Crippen molar-refractivity contribution < 1.29 is 9.59 Å². The molecule has 6 heteroatoms. The van der Waals surface area contributed by atoms with Crippen LogP contribution in [0.15, 0.2) is 11.7 Å². The molecule has 2 N–H and O–H groups in total. The van der Waals surface area contributed by atoms with Crippen LogP contribution in [0.25, 0.3) is 0 Å². The van der Waals surface area contributed by atoms with Crippen LogP contribution in [-0.4, -0.2) is 34.8 Å². The number of likely N-dealkylation sites (tertiary alicyclic amines) is 1. The minimum Gasteiger partial charge on any atom is -0.369 e. The van der Waals surface area contributed by atoms with Crippen LogP contribution < -0.4 is 5.73 Å². The van der Waals surface area contributed by atoms with Gasteiger partial charge in [0.15, 0.2) is 0 Å². The summed E-state index contributed by atoms with van der Waals surface area (Å²) < 4.78 is 0. The van der Waals surface area contributed by atoms with Gasteiger partial charge in [-0.2, -0.15) is 0 Å². The van der Waals surface area contributed by atoms with E-state index in [9.17, 15) is 9.59 Å². The lowest BCUT2D eigenvalue weighted by Crippen LogP contribution is -2.30. The fraction of sp³-hybridized carbons (Fsp3) is 0.500. The summed E-state index contributed by atoms with van der Waals surface area (Å²) in [6.45, 7) is 1.11. The monoisotopic (exact) mass is 239 g/mol. The zero-order chi connectivity index (χ0) is 11.5. The topological polar surface area (TPSA) is 76.3 Å². The predicted octanol–water partition coefficient (Wildman–Crippen LogP) is 0.0194. The standard InChI is InChI=1S/C10H13N3O2S/c11-10(15)7-3-9(14)13(5-7)2-1-8-4-12-6-16-8/h4,6-7H,1-3,5H2,(H2,11,15). The molecule has 1 saturated heterocycles. The van der Waals surface area contributed by atoms with E-state index in [0.29, 0.717) is 13.1 Å². The van der Waals surface area contributed by atoms with E-state index in [1.54, 1.807) is 27.9 Å². The molecule has 86 valence electrons. The number of nitrogens with zero attached hydrogens (tertiary/aromatic N) is 2. The number of primary amides is 1. The Bertz CT molecular complexity index is 391. The molecule has 1 aliphatic rings. The first kappa shape index (κ1) is 11.1. The summed E-state index contributed by atoms with van der Waals surface area (Å²) in [5.74, 6) is -0.670. The van der Waals surface area contributed by atoms with E-state index in [1.165, 1.54) is 0 Å². The van der Waals surface area contributed by atoms with Crippen LogP contribution >= 0.6 is 11.3 Å². The SMILES string of the molecule is NC(=O)C1CC(=O)N(CCc2cncs2)C1. The summed E-state index contributed by atoms with van der Waals surface area (Å²) in [5, 5.41) is 0. The average Bonchev–Trinajstić information content (AvgIpc) is 2.84. The van der Waals surface area contributed by atoms with Crippen LogP contribution in [0.2, 0.25) is 0 Å². The summed E-state index contributed by atoms with van der Waals surface area (Å²) in [4.78, 5) is 29.3. The molecule has 1 unspecified atom stereocenters. The van der Waals surface area contributed by atoms with Crippen LogP contribution in [0.1, 0.15) is 11.3 Å². The number of carbonyl (C=O) groups is 2. The van der Waals surface area contributed by atoms with Crippen molar-refractivity contribution in [3.05, 3.63) is 16.6 Å². The van der Waals surface area contributed by atoms with Crippen LogP contribution in [-0.2, 0) is 16.0 Å². The van der Waals surface area contributed by atoms with Gasteiger partial charge in [0.25, 0.3) is 0 Å². The molecule has 1 aliphatic heterocycles. The van der Waals surface area contributed by atoms with Crippen molar-refractivity contribution in [2.45, 2.75) is 12.8 Å². The molecule has 2 heterocycles. The van der Waals surface area contributed by atoms with Gasteiger partial charge in [0.1, 0.15) is 0 Å². The Balaban J connectivity index is 1.87. The normalized spacial score (nSPS) is 20.4. The zero-order valence-electron chi connectivity index (χ0n) is 8.76. The largest absolute Gasteiger partial charge is 0.369 e. The number of thiazole rings is 1. The van der Waals surface area contributed by atoms with E-state index in [-0.39, 0.29) is 24.2 Å². The highest BCUT2D eigenvalue weighted by Gasteiger charge is 2.32. The first-order valence-corrected chi connectivity index (χ1v) is 5.99. The Hall–Kier alpha value is -1.43. The Morgan fingerprint density at radius 1 is 1.69 bits per heavy atom. The second-order valence-corrected chi connectivity index (χ2v) is 4.83. The van der Waals surface area contributed by atoms with E-state index in [0.717, 1.165) is 11.3 Å². The van der Waals surface area contributed by atoms with Crippen LogP contribution in [0.3, 0.4) is 0 Å². The van der Waals surface area contributed by atoms with Gasteiger partial charge in [-0.15, -0.1) is 11.3 Å². The highest BCUT2D eigenvalue weighted by Crippen LogP contribution is 2.18. The Morgan fingerprint density at radius 2 is 2.50 bits per heavy atom. The lowest BCUT2D eigenvalue weighted by molar-refractivity contribution is -0.128. The molecule has 0 aromatic carbocycles. The highest BCUT2D eigenvalue weighted by molar-refractivity contribution is 7.09. The summed E-state index contributed by atoms with van der Waals surface area (Å²) in [5.41, 5.74) is 6.96. The van der Waals surface area contributed by atoms with Gasteiger partial charge in [-0.05, 0) is 0 Å². The van der Waals surface area contributed by atoms with Gasteiger partial charge in [-0.3, -0.25) is 14.6 Å². The fourth-order valence-corrected chi connectivity index (χ4v) is 2.38. The van der Waals surface area contributed by atoms with Gasteiger partial charge in [0.05, 0.1) is 11.4 Å². The lowest BCUT2D eigenvalue weighted by atomic mass is 10.1. The van der Waals surface area contributed by atoms with Crippen molar-refractivity contribution in [1.29, 1.82) is 0 Å². The molecular weight excluding hydrogens is 226 g/mol. The van der Waals surface area contributed by atoms with E-state index in [1.807, 2.05) is 0 Å². The van der Waals surface area contributed by atoms with E-state index < -0.39 is 0 Å². The molecule has 1 atom stereocenters. The lowest BCUT2D eigenvalue weighted by Gasteiger charge is -2.14. The third-order valence-electron chi connectivity index (χ3n) is 2.73. The zero-order valence-corrected chi connectivity index (χ0v) is 9.57. The average molecular weight is 239 g/mol. The molecule has 0 aliphatic carbocycles. The van der Waals surface area contributed by atoms with E-state index >= 15 is 0 Å². The molecule has 2 amide bonds. The van der Waals surface area contributed by atoms with Gasteiger partial charge in [0, 0.05) is 37.0 Å². The molecule has 1 fully saturated rings. The summed E-state index contributed by atoms with van der Waals surface area (Å²) in [6.07, 6.45) is 2.86. The molecule has 0 saturated carbocycles. The second kappa shape index (κ2) is 4.61. The Labute approximate surface area is 97.3 Å². The number of hydrogen-bond donors (Lipinski definition) is 1. The van der Waals surface area contributed by atoms with Gasteiger partial charge in [-0.25, -0.2) is 0 Å². The van der Waals surface area contributed by atoms with Gasteiger partial charge < -0.3 is 10.6 Å². The van der Waals surface area contributed by atoms with Crippen molar-refractivity contribution >= 4 is 23.2 Å². The maximum absolute atomic E-state index is 11.6. The van der Waals surface area contributed by atoms with Crippen LogP contribution in [0.5, 0.6) is 0 Å². The van der Waals surface area contributed by atoms with Crippen molar-refractivity contribution in [3.8, 4) is 0 Å². The third kappa shape index (κ3) is 2.38. The first-order valence-electron chi connectivity index (χ1n) is 5.11. The number of carbonyl (C=O) groups excluding carboxylic acids is 2. The van der Waals surface area contributed by atoms with Crippen molar-refractivity contribution in [2.75, 3.05) is 13.1 Å². The summed E-state index contributed by atoms with van der Waals surface area (Å²) >= 11 is 1.57. The quantitative estimate of drug-likeness (QED) is 0.804. The number of hydrogen-bond acceptors (Lipinski definition) is 4. The van der Waals surface area contributed by atoms with E-state index in [2.05, 4.69) is 4.98 Å². The second-order valence-electron chi connectivity index (χ2n) is 3.86. The van der Waals surface area contributed by atoms with Crippen molar-refractivity contribution in [2.24, 2.45) is 11.7 Å². The number of aromatic nitrogens is 1. The fourth-order valence-electron chi connectivity index (χ4n) is 1.79. The van der Waals surface area contributed by atoms with Crippen molar-refractivity contribution in [1.82, 2.24) is 9.88 Å². The molecule has 1 aromatic heterocycles. The highest BCUT2D eigenvalue weighted by atomic mass is 32.1. The number of nitrogens with two attached hydrogens (primary N) is 1. The minimum absolute atomic E-state index is 0.0216. The molecule has 0 bridgehead atoms. The van der Waals surface area contributed by atoms with E-state index in [4.69, 9.17) is 5.73 Å². The van der Waals surface area contributed by atoms with Crippen LogP contribution in [0.4, 0.5) is 0 Å². The molecule has 2 rings (SSSR count). The Kier molecular flexibility index (Phi) is 3.19. The van der Waals surface area contributed by atoms with Gasteiger partial charge >= 0.3 is 0 Å². The maximum atomic E-state index is 11.6. The molecule has 5 nitrogen and oxygen atoms in total. The van der Waals surface area contributed by atoms with Gasteiger partial charge in [0.2, 0.25) is 11.8 Å². The molecular formula is C10H13N3O2S. The summed E-state index contributed by atoms with van der Waals surface area (Å²) in [6, 6.07) is 0. The third-order valence-corrected chi connectivity index (χ3v) is 3.57. The molecule has 0 spiro atoms. The maximum Gasteiger partial charge on any atom is 0.223 e. The predicted molar refractivity (Wildman–Crippen MR) is 59.7 cm³/mol. The molecule has 0 radical (unpaired) electrons. The summed E-state index contributed by atoms with van der Waals surface area (Å²) in [7, 11) is 0. The Morgan fingerprint density at radius 3 is 3.06 bits per heavy atom. The minimum atomic E-state index is -0.381. The first-order chi connectivity index (χ1) is 7.66. The number of rotatable bonds is 4. The van der Waals surface area contributed by atoms with Gasteiger partial charge in [-0.1, -0.05) is 0 Å². The smallest absolute Gasteiger partial charge is 0.223 e. The number of amides is 2. The van der Waals surface area contributed by atoms with Crippen molar-refractivity contribution in [3.63, 3.8) is 0 Å². The van der Waals surface area contributed by atoms with Crippen LogP contribution in [0, 0.1) is 5.92 Å².